The van der Waals surface area contributed by atoms with Crippen LogP contribution in [0.4, 0.5) is 0 Å². The first-order valence-corrected chi connectivity index (χ1v) is 9.71. The van der Waals surface area contributed by atoms with Crippen LogP contribution >= 0.6 is 0 Å². The normalized spacial score (nSPS) is 10.9. The lowest BCUT2D eigenvalue weighted by atomic mass is 9.95. The van der Waals surface area contributed by atoms with Gasteiger partial charge in [0.25, 0.3) is 5.91 Å². The average Bonchev–Trinajstić information content (AvgIpc) is 2.75. The van der Waals surface area contributed by atoms with Crippen LogP contribution in [0.5, 0.6) is 5.75 Å². The van der Waals surface area contributed by atoms with E-state index in [1.807, 2.05) is 30.3 Å². The van der Waals surface area contributed by atoms with Crippen molar-refractivity contribution in [1.82, 2.24) is 10.3 Å². The van der Waals surface area contributed by atoms with Crippen molar-refractivity contribution in [2.45, 2.75) is 26.4 Å². The number of benzene rings is 2. The summed E-state index contributed by atoms with van der Waals surface area (Å²) in [5.74, 6) is -0.551. The monoisotopic (exact) mass is 417 g/mol. The number of nitrogens with one attached hydrogen (secondary N) is 1. The fourth-order valence-electron chi connectivity index (χ4n) is 3.18. The molecule has 31 heavy (non-hydrogen) atoms. The maximum Gasteiger partial charge on any atom is 0.325 e. The van der Waals surface area contributed by atoms with Gasteiger partial charge in [0.15, 0.2) is 0 Å². The summed E-state index contributed by atoms with van der Waals surface area (Å²) in [5, 5.41) is 13.5. The van der Waals surface area contributed by atoms with E-state index in [2.05, 4.69) is 16.4 Å². The zero-order valence-electron chi connectivity index (χ0n) is 17.9. The SMILES string of the molecule is COc1ccc2c(C(=O)NCC(=O)OC(C)(C)C)nc(C#N)c(-c3ccccc3)c2c1. The lowest BCUT2D eigenvalue weighted by molar-refractivity contribution is -0.153. The molecule has 158 valence electrons. The maximum absolute atomic E-state index is 12.9. The summed E-state index contributed by atoms with van der Waals surface area (Å²) in [6.45, 7) is 4.93. The number of ether oxygens (including phenoxy) is 2. The van der Waals surface area contributed by atoms with Crippen molar-refractivity contribution >= 4 is 22.6 Å². The van der Waals surface area contributed by atoms with Gasteiger partial charge in [0.05, 0.1) is 7.11 Å². The van der Waals surface area contributed by atoms with Gasteiger partial charge in [0, 0.05) is 10.9 Å². The van der Waals surface area contributed by atoms with Gasteiger partial charge in [0.1, 0.15) is 35.4 Å². The Labute approximate surface area is 180 Å². The van der Waals surface area contributed by atoms with Gasteiger partial charge in [-0.3, -0.25) is 9.59 Å². The number of pyridine rings is 1. The molecule has 0 aliphatic rings. The highest BCUT2D eigenvalue weighted by Crippen LogP contribution is 2.34. The topological polar surface area (TPSA) is 101 Å². The highest BCUT2D eigenvalue weighted by molar-refractivity contribution is 6.11. The van der Waals surface area contributed by atoms with E-state index in [-0.39, 0.29) is 17.9 Å². The molecule has 0 atom stereocenters. The van der Waals surface area contributed by atoms with Gasteiger partial charge in [-0.25, -0.2) is 4.98 Å². The minimum atomic E-state index is -0.658. The quantitative estimate of drug-likeness (QED) is 0.633. The van der Waals surface area contributed by atoms with Gasteiger partial charge in [0.2, 0.25) is 0 Å². The number of hydrogen-bond donors (Lipinski definition) is 1. The number of nitrogens with zero attached hydrogens (tertiary/aromatic N) is 2. The Morgan fingerprint density at radius 2 is 1.81 bits per heavy atom. The molecule has 0 spiro atoms. The highest BCUT2D eigenvalue weighted by Gasteiger charge is 2.22. The van der Waals surface area contributed by atoms with E-state index in [4.69, 9.17) is 9.47 Å². The molecule has 3 rings (SSSR count). The van der Waals surface area contributed by atoms with Crippen molar-refractivity contribution in [2.24, 2.45) is 0 Å². The van der Waals surface area contributed by atoms with E-state index in [0.29, 0.717) is 22.1 Å². The summed E-state index contributed by atoms with van der Waals surface area (Å²) in [4.78, 5) is 29.2. The average molecular weight is 417 g/mol. The molecule has 0 bridgehead atoms. The lowest BCUT2D eigenvalue weighted by Gasteiger charge is -2.19. The number of fused-ring (bicyclic) bond motifs is 1. The second kappa shape index (κ2) is 8.84. The minimum absolute atomic E-state index is 0.0532. The van der Waals surface area contributed by atoms with Gasteiger partial charge in [-0.15, -0.1) is 0 Å². The van der Waals surface area contributed by atoms with Crippen LogP contribution in [0.15, 0.2) is 48.5 Å². The number of nitriles is 1. The molecule has 0 saturated heterocycles. The van der Waals surface area contributed by atoms with E-state index >= 15 is 0 Å². The summed E-state index contributed by atoms with van der Waals surface area (Å²) in [7, 11) is 1.55. The molecular formula is C24H23N3O4. The number of rotatable bonds is 5. The Morgan fingerprint density at radius 1 is 1.10 bits per heavy atom. The zero-order valence-corrected chi connectivity index (χ0v) is 17.9. The fourth-order valence-corrected chi connectivity index (χ4v) is 3.18. The van der Waals surface area contributed by atoms with Gasteiger partial charge >= 0.3 is 5.97 Å². The molecule has 1 N–H and O–H groups in total. The van der Waals surface area contributed by atoms with Crippen LogP contribution in [-0.4, -0.2) is 36.1 Å². The summed E-state index contributed by atoms with van der Waals surface area (Å²) >= 11 is 0. The first kappa shape index (κ1) is 21.8. The predicted molar refractivity (Wildman–Crippen MR) is 117 cm³/mol. The van der Waals surface area contributed by atoms with Gasteiger partial charge in [-0.2, -0.15) is 5.26 Å². The molecule has 0 saturated carbocycles. The van der Waals surface area contributed by atoms with E-state index < -0.39 is 17.5 Å². The standard InChI is InChI=1S/C24H23N3O4/c1-24(2,3)31-20(28)14-26-23(29)22-17-11-10-16(30-4)12-18(17)21(19(13-25)27-22)15-8-6-5-7-9-15/h5-12H,14H2,1-4H3,(H,26,29). The molecule has 2 aromatic carbocycles. The van der Waals surface area contributed by atoms with Crippen molar-refractivity contribution in [2.75, 3.05) is 13.7 Å². The summed E-state index contributed by atoms with van der Waals surface area (Å²) in [5.41, 5.74) is 0.909. The molecule has 1 heterocycles. The van der Waals surface area contributed by atoms with E-state index in [0.717, 1.165) is 5.56 Å². The Hall–Kier alpha value is -3.92. The van der Waals surface area contributed by atoms with Crippen LogP contribution in [0.3, 0.4) is 0 Å². The van der Waals surface area contributed by atoms with Crippen LogP contribution in [0.1, 0.15) is 37.0 Å². The Balaban J connectivity index is 2.08. The maximum atomic E-state index is 12.9. The molecule has 1 amide bonds. The second-order valence-electron chi connectivity index (χ2n) is 7.84. The molecular weight excluding hydrogens is 394 g/mol. The predicted octanol–water partition coefficient (Wildman–Crippen LogP) is 3.85. The van der Waals surface area contributed by atoms with Crippen LogP contribution in [-0.2, 0) is 9.53 Å². The lowest BCUT2D eigenvalue weighted by Crippen LogP contribution is -2.35. The smallest absolute Gasteiger partial charge is 0.325 e. The molecule has 0 aliphatic carbocycles. The summed E-state index contributed by atoms with van der Waals surface area (Å²) in [6.07, 6.45) is 0. The first-order chi connectivity index (χ1) is 14.7. The molecule has 0 radical (unpaired) electrons. The number of carbonyl (C=O) groups is 2. The Morgan fingerprint density at radius 3 is 2.42 bits per heavy atom. The number of hydrogen-bond acceptors (Lipinski definition) is 6. The first-order valence-electron chi connectivity index (χ1n) is 9.71. The zero-order chi connectivity index (χ0) is 22.6. The Kier molecular flexibility index (Phi) is 6.21. The van der Waals surface area contributed by atoms with Crippen LogP contribution in [0.25, 0.3) is 21.9 Å². The van der Waals surface area contributed by atoms with Crippen molar-refractivity contribution in [3.05, 3.63) is 59.9 Å². The third-order valence-electron chi connectivity index (χ3n) is 4.41. The van der Waals surface area contributed by atoms with Crippen molar-refractivity contribution in [3.8, 4) is 22.9 Å². The fraction of sp³-hybridized carbons (Fsp3) is 0.250. The molecule has 3 aromatic rings. The number of aromatic nitrogens is 1. The van der Waals surface area contributed by atoms with E-state index in [9.17, 15) is 14.9 Å². The Bertz CT molecular complexity index is 1180. The molecule has 7 heteroatoms. The highest BCUT2D eigenvalue weighted by atomic mass is 16.6. The molecule has 1 aromatic heterocycles. The molecule has 0 aliphatic heterocycles. The number of carbonyl (C=O) groups excluding carboxylic acids is 2. The van der Waals surface area contributed by atoms with Crippen LogP contribution < -0.4 is 10.1 Å². The second-order valence-corrected chi connectivity index (χ2v) is 7.84. The number of esters is 1. The van der Waals surface area contributed by atoms with Crippen molar-refractivity contribution < 1.29 is 19.1 Å². The van der Waals surface area contributed by atoms with E-state index in [1.54, 1.807) is 46.1 Å². The van der Waals surface area contributed by atoms with Crippen LogP contribution in [0, 0.1) is 11.3 Å². The van der Waals surface area contributed by atoms with E-state index in [1.165, 1.54) is 0 Å². The molecule has 0 unspecified atom stereocenters. The number of amides is 1. The van der Waals surface area contributed by atoms with Crippen molar-refractivity contribution in [3.63, 3.8) is 0 Å². The van der Waals surface area contributed by atoms with Gasteiger partial charge in [-0.1, -0.05) is 30.3 Å². The van der Waals surface area contributed by atoms with Crippen LogP contribution in [0.2, 0.25) is 0 Å². The summed E-state index contributed by atoms with van der Waals surface area (Å²) in [6, 6.07) is 16.7. The minimum Gasteiger partial charge on any atom is -0.497 e. The summed E-state index contributed by atoms with van der Waals surface area (Å²) < 4.78 is 10.6. The largest absolute Gasteiger partial charge is 0.497 e. The number of methoxy groups -OCH3 is 1. The van der Waals surface area contributed by atoms with Crippen molar-refractivity contribution in [1.29, 1.82) is 5.26 Å². The molecule has 7 nitrogen and oxygen atoms in total. The molecule has 0 fully saturated rings. The van der Waals surface area contributed by atoms with Gasteiger partial charge in [-0.05, 0) is 49.9 Å². The third-order valence-corrected chi connectivity index (χ3v) is 4.41. The third kappa shape index (κ3) is 4.98. The van der Waals surface area contributed by atoms with Gasteiger partial charge < -0.3 is 14.8 Å².